The summed E-state index contributed by atoms with van der Waals surface area (Å²) in [5.74, 6) is 1.25. The van der Waals surface area contributed by atoms with Gasteiger partial charge in [-0.2, -0.15) is 0 Å². The molecule has 2 rings (SSSR count). The first-order chi connectivity index (χ1) is 12.5. The van der Waals surface area contributed by atoms with Crippen molar-refractivity contribution >= 4 is 29.9 Å². The summed E-state index contributed by atoms with van der Waals surface area (Å²) in [6.45, 7) is 1.04. The molecule has 0 amide bonds. The molecule has 5 nitrogen and oxygen atoms in total. The number of nitrogens with zero attached hydrogens (tertiary/aromatic N) is 2. The second kappa shape index (κ2) is 11.8. The smallest absolute Gasteiger partial charge is 0.191 e. The topological polar surface area (TPSA) is 48.9 Å². The Morgan fingerprint density at radius 2 is 1.78 bits per heavy atom. The highest BCUT2D eigenvalue weighted by atomic mass is 127. The van der Waals surface area contributed by atoms with Crippen molar-refractivity contribution in [1.82, 2.24) is 15.5 Å². The van der Waals surface area contributed by atoms with Crippen molar-refractivity contribution in [1.29, 1.82) is 0 Å². The SMILES string of the molecule is CN=C(NCc1ccccc1F)NCC(c1ccc(OC)cc1)N(C)C.I. The Morgan fingerprint density at radius 3 is 2.33 bits per heavy atom. The Morgan fingerprint density at radius 1 is 1.11 bits per heavy atom. The number of benzene rings is 2. The van der Waals surface area contributed by atoms with Gasteiger partial charge < -0.3 is 20.3 Å². The van der Waals surface area contributed by atoms with Gasteiger partial charge in [0.1, 0.15) is 11.6 Å². The highest BCUT2D eigenvalue weighted by Gasteiger charge is 2.15. The fourth-order valence-electron chi connectivity index (χ4n) is 2.66. The maximum atomic E-state index is 13.7. The number of nitrogens with one attached hydrogen (secondary N) is 2. The zero-order valence-corrected chi connectivity index (χ0v) is 18.5. The summed E-state index contributed by atoms with van der Waals surface area (Å²) in [6, 6.07) is 14.9. The summed E-state index contributed by atoms with van der Waals surface area (Å²) < 4.78 is 18.9. The lowest BCUT2D eigenvalue weighted by atomic mass is 10.1. The zero-order valence-electron chi connectivity index (χ0n) is 16.2. The maximum Gasteiger partial charge on any atom is 0.191 e. The number of ether oxygens (including phenoxy) is 1. The van der Waals surface area contributed by atoms with Crippen LogP contribution in [0, 0.1) is 5.82 Å². The van der Waals surface area contributed by atoms with Gasteiger partial charge in [-0.3, -0.25) is 4.99 Å². The fraction of sp³-hybridized carbons (Fsp3) is 0.350. The molecule has 0 saturated carbocycles. The van der Waals surface area contributed by atoms with Crippen molar-refractivity contribution in [3.63, 3.8) is 0 Å². The molecule has 2 aromatic rings. The van der Waals surface area contributed by atoms with Crippen molar-refractivity contribution in [2.24, 2.45) is 4.99 Å². The van der Waals surface area contributed by atoms with E-state index in [0.29, 0.717) is 24.6 Å². The Labute approximate surface area is 178 Å². The van der Waals surface area contributed by atoms with Gasteiger partial charge in [-0.1, -0.05) is 30.3 Å². The van der Waals surface area contributed by atoms with Gasteiger partial charge in [0, 0.05) is 25.7 Å². The number of guanidine groups is 1. The van der Waals surface area contributed by atoms with E-state index in [0.717, 1.165) is 5.75 Å². The molecule has 2 aromatic carbocycles. The van der Waals surface area contributed by atoms with Gasteiger partial charge in [0.05, 0.1) is 13.2 Å². The maximum absolute atomic E-state index is 13.7. The molecule has 0 fully saturated rings. The average Bonchev–Trinajstić information content (AvgIpc) is 2.65. The van der Waals surface area contributed by atoms with Gasteiger partial charge in [0.15, 0.2) is 5.96 Å². The molecule has 0 bridgehead atoms. The van der Waals surface area contributed by atoms with E-state index in [1.807, 2.05) is 32.3 Å². The third-order valence-corrected chi connectivity index (χ3v) is 4.21. The molecular weight excluding hydrogens is 458 g/mol. The van der Waals surface area contributed by atoms with Crippen LogP contribution < -0.4 is 15.4 Å². The first-order valence-corrected chi connectivity index (χ1v) is 8.53. The summed E-state index contributed by atoms with van der Waals surface area (Å²) in [5, 5.41) is 6.46. The van der Waals surface area contributed by atoms with E-state index in [-0.39, 0.29) is 35.8 Å². The van der Waals surface area contributed by atoms with E-state index < -0.39 is 0 Å². The Hall–Kier alpha value is -1.87. The van der Waals surface area contributed by atoms with Gasteiger partial charge in [0.25, 0.3) is 0 Å². The minimum Gasteiger partial charge on any atom is -0.497 e. The minimum atomic E-state index is -0.222. The van der Waals surface area contributed by atoms with Gasteiger partial charge >= 0.3 is 0 Å². The van der Waals surface area contributed by atoms with E-state index in [2.05, 4.69) is 32.7 Å². The lowest BCUT2D eigenvalue weighted by Gasteiger charge is -2.26. The van der Waals surface area contributed by atoms with Crippen LogP contribution in [-0.4, -0.2) is 45.7 Å². The molecule has 0 aliphatic heterocycles. The normalized spacial score (nSPS) is 12.3. The number of aliphatic imine (C=N–C) groups is 1. The van der Waals surface area contributed by atoms with Crippen LogP contribution in [0.5, 0.6) is 5.75 Å². The second-order valence-electron chi connectivity index (χ2n) is 6.15. The second-order valence-corrected chi connectivity index (χ2v) is 6.15. The molecule has 1 atom stereocenters. The standard InChI is InChI=1S/C20H27FN4O.HI/c1-22-20(23-13-16-7-5-6-8-18(16)21)24-14-19(25(2)3)15-9-11-17(26-4)12-10-15;/h5-12,19H,13-14H2,1-4H3,(H2,22,23,24);1H. The first kappa shape index (κ1) is 23.2. The van der Waals surface area contributed by atoms with E-state index in [9.17, 15) is 4.39 Å². The Balaban J connectivity index is 0.00000364. The van der Waals surface area contributed by atoms with Gasteiger partial charge in [-0.05, 0) is 37.9 Å². The van der Waals surface area contributed by atoms with Crippen LogP contribution in [0.3, 0.4) is 0 Å². The van der Waals surface area contributed by atoms with Crippen LogP contribution in [0.2, 0.25) is 0 Å². The van der Waals surface area contributed by atoms with Crippen LogP contribution in [-0.2, 0) is 6.54 Å². The van der Waals surface area contributed by atoms with Crippen molar-refractivity contribution in [3.05, 3.63) is 65.5 Å². The molecule has 0 aliphatic carbocycles. The number of methoxy groups -OCH3 is 1. The average molecular weight is 486 g/mol. The number of hydrogen-bond donors (Lipinski definition) is 2. The van der Waals surface area contributed by atoms with Crippen LogP contribution in [0.15, 0.2) is 53.5 Å². The molecule has 0 spiro atoms. The minimum absolute atomic E-state index is 0. The largest absolute Gasteiger partial charge is 0.497 e. The third-order valence-electron chi connectivity index (χ3n) is 4.21. The highest BCUT2D eigenvalue weighted by Crippen LogP contribution is 2.20. The van der Waals surface area contributed by atoms with Gasteiger partial charge in [-0.25, -0.2) is 4.39 Å². The van der Waals surface area contributed by atoms with E-state index in [1.54, 1.807) is 26.3 Å². The zero-order chi connectivity index (χ0) is 18.9. The molecule has 148 valence electrons. The Bertz CT molecular complexity index is 722. The molecule has 7 heteroatoms. The molecule has 0 radical (unpaired) electrons. The van der Waals surface area contributed by atoms with Crippen molar-refractivity contribution in [2.45, 2.75) is 12.6 Å². The van der Waals surface area contributed by atoms with E-state index in [1.165, 1.54) is 11.6 Å². The number of hydrogen-bond acceptors (Lipinski definition) is 3. The quantitative estimate of drug-likeness (QED) is 0.358. The number of halogens is 2. The molecule has 2 N–H and O–H groups in total. The van der Waals surface area contributed by atoms with Gasteiger partial charge in [0.2, 0.25) is 0 Å². The predicted octanol–water partition coefficient (Wildman–Crippen LogP) is 3.42. The summed E-state index contributed by atoms with van der Waals surface area (Å²) >= 11 is 0. The van der Waals surface area contributed by atoms with Crippen molar-refractivity contribution in [2.75, 3.05) is 34.8 Å². The van der Waals surface area contributed by atoms with Crippen molar-refractivity contribution < 1.29 is 9.13 Å². The number of likely N-dealkylation sites (N-methyl/N-ethyl adjacent to an activating group) is 1. The Kier molecular flexibility index (Phi) is 10.1. The van der Waals surface area contributed by atoms with Crippen LogP contribution >= 0.6 is 24.0 Å². The predicted molar refractivity (Wildman–Crippen MR) is 119 cm³/mol. The summed E-state index contributed by atoms with van der Waals surface area (Å²) in [5.41, 5.74) is 1.78. The molecule has 1 unspecified atom stereocenters. The number of rotatable bonds is 7. The van der Waals surface area contributed by atoms with Crippen molar-refractivity contribution in [3.8, 4) is 5.75 Å². The van der Waals surface area contributed by atoms with E-state index >= 15 is 0 Å². The molecular formula is C20H28FIN4O. The van der Waals surface area contributed by atoms with Crippen LogP contribution in [0.25, 0.3) is 0 Å². The van der Waals surface area contributed by atoms with Crippen LogP contribution in [0.1, 0.15) is 17.2 Å². The summed E-state index contributed by atoms with van der Waals surface area (Å²) in [6.07, 6.45) is 0. The van der Waals surface area contributed by atoms with E-state index in [4.69, 9.17) is 4.74 Å². The fourth-order valence-corrected chi connectivity index (χ4v) is 2.66. The summed E-state index contributed by atoms with van der Waals surface area (Å²) in [7, 11) is 7.43. The lowest BCUT2D eigenvalue weighted by Crippen LogP contribution is -2.41. The first-order valence-electron chi connectivity index (χ1n) is 8.53. The lowest BCUT2D eigenvalue weighted by molar-refractivity contribution is 0.298. The molecule has 0 aromatic heterocycles. The van der Waals surface area contributed by atoms with Gasteiger partial charge in [-0.15, -0.1) is 24.0 Å². The third kappa shape index (κ3) is 6.99. The summed E-state index contributed by atoms with van der Waals surface area (Å²) in [4.78, 5) is 6.36. The van der Waals surface area contributed by atoms with Crippen LogP contribution in [0.4, 0.5) is 4.39 Å². The molecule has 0 aliphatic rings. The monoisotopic (exact) mass is 486 g/mol. The molecule has 0 saturated heterocycles. The molecule has 27 heavy (non-hydrogen) atoms. The molecule has 0 heterocycles. The highest BCUT2D eigenvalue weighted by molar-refractivity contribution is 14.0.